The standard InChI is InChI=1S/C6H8O2.Fe.O/c7-5-6-3-1-2-4-8-6;;/h1-4,6-7H,5H2;;. The van der Waals surface area contributed by atoms with Crippen LogP contribution in [0.3, 0.4) is 0 Å². The maximum atomic E-state index is 8.48. The molecule has 4 heteroatoms. The summed E-state index contributed by atoms with van der Waals surface area (Å²) in [5.74, 6) is 0. The van der Waals surface area contributed by atoms with Gasteiger partial charge in [-0.2, -0.15) is 0 Å². The van der Waals surface area contributed by atoms with Crippen molar-refractivity contribution in [1.82, 2.24) is 0 Å². The number of hydrogen-bond donors (Lipinski definition) is 1. The van der Waals surface area contributed by atoms with Crippen molar-refractivity contribution < 1.29 is 29.6 Å². The van der Waals surface area contributed by atoms with E-state index in [1.807, 2.05) is 22.0 Å². The first kappa shape index (κ1) is 9.56. The molecule has 10 heavy (non-hydrogen) atoms. The van der Waals surface area contributed by atoms with Crippen molar-refractivity contribution in [3.8, 4) is 0 Å². The van der Waals surface area contributed by atoms with Crippen LogP contribution in [0.25, 0.3) is 0 Å². The fourth-order valence-electron chi connectivity index (χ4n) is 0.529. The van der Waals surface area contributed by atoms with Gasteiger partial charge in [-0.05, 0) is 12.2 Å². The number of rotatable bonds is 1. The molecule has 0 spiro atoms. The van der Waals surface area contributed by atoms with Gasteiger partial charge in [0, 0.05) is 0 Å². The van der Waals surface area contributed by atoms with Crippen molar-refractivity contribution >= 4 is 0 Å². The zero-order valence-corrected chi connectivity index (χ0v) is 6.32. The van der Waals surface area contributed by atoms with Crippen molar-refractivity contribution in [1.29, 1.82) is 0 Å². The fraction of sp³-hybridized carbons (Fsp3) is 0.333. The molecule has 0 fully saturated rings. The summed E-state index contributed by atoms with van der Waals surface area (Å²) in [7, 11) is 0. The summed E-state index contributed by atoms with van der Waals surface area (Å²) in [5, 5.41) is 8.48. The minimum absolute atomic E-state index is 0.0564. The molecule has 1 rings (SSSR count). The van der Waals surface area contributed by atoms with Gasteiger partial charge in [-0.25, -0.2) is 0 Å². The predicted octanol–water partition coefficient (Wildman–Crippen LogP) is 0.326. The van der Waals surface area contributed by atoms with Crippen LogP contribution in [-0.2, 0) is 24.5 Å². The normalized spacial score (nSPS) is 20.8. The molecule has 0 bridgehead atoms. The van der Waals surface area contributed by atoms with E-state index in [9.17, 15) is 0 Å². The summed E-state index contributed by atoms with van der Waals surface area (Å²) < 4.78 is 12.9. The van der Waals surface area contributed by atoms with Crippen LogP contribution in [0.2, 0.25) is 0 Å². The third-order valence-corrected chi connectivity index (χ3v) is 0.949. The Bertz CT molecular complexity index is 133. The molecule has 0 aromatic rings. The maximum absolute atomic E-state index is 8.48. The Balaban J connectivity index is 0.000000371. The second kappa shape index (κ2) is 6.68. The molecule has 0 saturated heterocycles. The Morgan fingerprint density at radius 2 is 2.20 bits per heavy atom. The van der Waals surface area contributed by atoms with Gasteiger partial charge in [0.1, 0.15) is 6.10 Å². The number of hydrogen-bond acceptors (Lipinski definition) is 3. The van der Waals surface area contributed by atoms with E-state index in [4.69, 9.17) is 13.7 Å². The van der Waals surface area contributed by atoms with Crippen LogP contribution in [0.5, 0.6) is 0 Å². The summed E-state index contributed by atoms with van der Waals surface area (Å²) in [6, 6.07) is 0. The Hall–Kier alpha value is -0.441. The Morgan fingerprint density at radius 1 is 1.50 bits per heavy atom. The number of ether oxygens (including phenoxy) is 1. The Labute approximate surface area is 67.4 Å². The van der Waals surface area contributed by atoms with E-state index in [0.29, 0.717) is 0 Å². The van der Waals surface area contributed by atoms with Gasteiger partial charge in [-0.3, -0.25) is 0 Å². The molecule has 1 unspecified atom stereocenters. The molecule has 0 saturated carbocycles. The van der Waals surface area contributed by atoms with E-state index in [1.165, 1.54) is 0 Å². The third kappa shape index (κ3) is 3.56. The predicted molar refractivity (Wildman–Crippen MR) is 30.9 cm³/mol. The number of allylic oxidation sites excluding steroid dienone is 2. The Kier molecular flexibility index (Phi) is 6.38. The van der Waals surface area contributed by atoms with Gasteiger partial charge in [-0.15, -0.1) is 0 Å². The molecule has 58 valence electrons. The molecule has 1 atom stereocenters. The molecule has 0 aromatic carbocycles. The molecule has 1 aliphatic rings. The number of aliphatic hydroxyl groups excluding tert-OH is 1. The first-order chi connectivity index (χ1) is 4.93. The van der Waals surface area contributed by atoms with Gasteiger partial charge >= 0.3 is 19.8 Å². The monoisotopic (exact) mass is 184 g/mol. The van der Waals surface area contributed by atoms with Gasteiger partial charge in [0.15, 0.2) is 0 Å². The van der Waals surface area contributed by atoms with Crippen molar-refractivity contribution in [2.24, 2.45) is 0 Å². The van der Waals surface area contributed by atoms with Gasteiger partial charge < -0.3 is 9.84 Å². The summed E-state index contributed by atoms with van der Waals surface area (Å²) in [6.45, 7) is 0.0564. The molecular formula is C6H8FeO3. The van der Waals surface area contributed by atoms with Gasteiger partial charge in [0.05, 0.1) is 12.9 Å². The summed E-state index contributed by atoms with van der Waals surface area (Å²) in [4.78, 5) is 0. The van der Waals surface area contributed by atoms with Gasteiger partial charge in [-0.1, -0.05) is 6.08 Å². The topological polar surface area (TPSA) is 46.5 Å². The van der Waals surface area contributed by atoms with Crippen LogP contribution in [0.1, 0.15) is 0 Å². The van der Waals surface area contributed by atoms with Crippen molar-refractivity contribution in [2.75, 3.05) is 6.61 Å². The first-order valence-corrected chi connectivity index (χ1v) is 3.12. The molecule has 3 nitrogen and oxygen atoms in total. The van der Waals surface area contributed by atoms with Gasteiger partial charge in [0.2, 0.25) is 0 Å². The second-order valence-electron chi connectivity index (χ2n) is 1.57. The third-order valence-electron chi connectivity index (χ3n) is 0.949. The van der Waals surface area contributed by atoms with Crippen molar-refractivity contribution in [3.05, 3.63) is 24.5 Å². The van der Waals surface area contributed by atoms with Crippen LogP contribution < -0.4 is 0 Å². The van der Waals surface area contributed by atoms with Gasteiger partial charge in [0.25, 0.3) is 0 Å². The van der Waals surface area contributed by atoms with Crippen molar-refractivity contribution in [3.63, 3.8) is 0 Å². The molecule has 0 aromatic heterocycles. The first-order valence-electron chi connectivity index (χ1n) is 2.67. The molecular weight excluding hydrogens is 176 g/mol. The molecule has 1 aliphatic heterocycles. The van der Waals surface area contributed by atoms with Crippen LogP contribution in [0.4, 0.5) is 0 Å². The second-order valence-corrected chi connectivity index (χ2v) is 1.57. The number of aliphatic hydroxyl groups is 1. The quantitative estimate of drug-likeness (QED) is 0.597. The van der Waals surface area contributed by atoms with E-state index in [2.05, 4.69) is 0 Å². The molecule has 0 amide bonds. The zero-order chi connectivity index (χ0) is 7.82. The minimum atomic E-state index is -0.125. The van der Waals surface area contributed by atoms with Crippen LogP contribution in [0, 0.1) is 0 Å². The molecule has 1 N–H and O–H groups in total. The fourth-order valence-corrected chi connectivity index (χ4v) is 0.529. The van der Waals surface area contributed by atoms with Crippen LogP contribution in [0.15, 0.2) is 24.5 Å². The molecule has 1 heterocycles. The van der Waals surface area contributed by atoms with E-state index in [-0.39, 0.29) is 12.7 Å². The van der Waals surface area contributed by atoms with Crippen LogP contribution >= 0.6 is 0 Å². The van der Waals surface area contributed by atoms with E-state index in [1.54, 1.807) is 18.4 Å². The summed E-state index contributed by atoms with van der Waals surface area (Å²) >= 11 is 2.00. The van der Waals surface area contributed by atoms with E-state index < -0.39 is 0 Å². The summed E-state index contributed by atoms with van der Waals surface area (Å²) in [6.07, 6.45) is 6.89. The zero-order valence-electron chi connectivity index (χ0n) is 5.21. The van der Waals surface area contributed by atoms with E-state index in [0.717, 1.165) is 0 Å². The Morgan fingerprint density at radius 3 is 2.50 bits per heavy atom. The average Bonchev–Trinajstić information content (AvgIpc) is 2.10. The van der Waals surface area contributed by atoms with Crippen molar-refractivity contribution in [2.45, 2.75) is 6.10 Å². The van der Waals surface area contributed by atoms with E-state index >= 15 is 0 Å². The summed E-state index contributed by atoms with van der Waals surface area (Å²) in [5.41, 5.74) is 0. The molecule has 0 radical (unpaired) electrons. The van der Waals surface area contributed by atoms with Crippen LogP contribution in [-0.4, -0.2) is 17.8 Å². The SMILES string of the molecule is OCC1C=CC=CO1.[O]=[Fe]. The average molecular weight is 184 g/mol. The molecule has 0 aliphatic carbocycles.